The lowest BCUT2D eigenvalue weighted by atomic mass is 10.0. The molecule has 0 bridgehead atoms. The maximum atomic E-state index is 5.49. The molecule has 25 heavy (non-hydrogen) atoms. The molecule has 1 atom stereocenters. The van der Waals surface area contributed by atoms with Gasteiger partial charge in [-0.05, 0) is 49.7 Å². The van der Waals surface area contributed by atoms with Gasteiger partial charge in [0.25, 0.3) is 0 Å². The molecule has 3 aromatic rings. The molecule has 7 heteroatoms. The van der Waals surface area contributed by atoms with Crippen molar-refractivity contribution in [2.75, 3.05) is 20.8 Å². The van der Waals surface area contributed by atoms with Crippen LogP contribution in [0.2, 0.25) is 0 Å². The van der Waals surface area contributed by atoms with E-state index in [4.69, 9.17) is 14.6 Å². The van der Waals surface area contributed by atoms with Gasteiger partial charge in [-0.25, -0.2) is 0 Å². The van der Waals surface area contributed by atoms with E-state index in [-0.39, 0.29) is 6.04 Å². The molecular weight excluding hydrogens is 318 g/mol. The first-order valence-electron chi connectivity index (χ1n) is 8.48. The molecule has 3 heterocycles. The summed E-state index contributed by atoms with van der Waals surface area (Å²) in [5.41, 5.74) is 2.41. The summed E-state index contributed by atoms with van der Waals surface area (Å²) in [7, 11) is 3.30. The standard InChI is InChI=1S/C18H21N5O2/c1-24-12-6-8-16(25-2)13(11-12)14-7-9-17-20-21-18(23(17)22-14)15-5-3-4-10-19-15/h6-9,11,15,19H,3-5,10H2,1-2H3. The second kappa shape index (κ2) is 6.68. The average Bonchev–Trinajstić information content (AvgIpc) is 3.11. The van der Waals surface area contributed by atoms with Crippen molar-refractivity contribution in [1.82, 2.24) is 25.1 Å². The SMILES string of the molecule is COc1ccc(OC)c(-c2ccc3nnc(C4CCCCN4)n3n2)c1. The molecule has 0 spiro atoms. The highest BCUT2D eigenvalue weighted by atomic mass is 16.5. The van der Waals surface area contributed by atoms with Crippen molar-refractivity contribution < 1.29 is 9.47 Å². The third kappa shape index (κ3) is 2.91. The summed E-state index contributed by atoms with van der Waals surface area (Å²) < 4.78 is 12.7. The van der Waals surface area contributed by atoms with Crippen molar-refractivity contribution in [2.45, 2.75) is 25.3 Å². The smallest absolute Gasteiger partial charge is 0.178 e. The first-order valence-corrected chi connectivity index (χ1v) is 8.48. The van der Waals surface area contributed by atoms with E-state index in [9.17, 15) is 0 Å². The fraction of sp³-hybridized carbons (Fsp3) is 0.389. The average molecular weight is 339 g/mol. The number of rotatable bonds is 4. The van der Waals surface area contributed by atoms with Crippen LogP contribution >= 0.6 is 0 Å². The maximum absolute atomic E-state index is 5.49. The molecule has 1 unspecified atom stereocenters. The van der Waals surface area contributed by atoms with Gasteiger partial charge in [-0.2, -0.15) is 9.61 Å². The fourth-order valence-corrected chi connectivity index (χ4v) is 3.25. The van der Waals surface area contributed by atoms with Crippen LogP contribution in [0, 0.1) is 0 Å². The minimum atomic E-state index is 0.193. The Morgan fingerprint density at radius 2 is 2.00 bits per heavy atom. The summed E-state index contributed by atoms with van der Waals surface area (Å²) in [6.07, 6.45) is 3.44. The Labute approximate surface area is 146 Å². The zero-order valence-electron chi connectivity index (χ0n) is 14.4. The second-order valence-electron chi connectivity index (χ2n) is 6.12. The highest BCUT2D eigenvalue weighted by Crippen LogP contribution is 2.32. The molecule has 0 aliphatic carbocycles. The monoisotopic (exact) mass is 339 g/mol. The predicted octanol–water partition coefficient (Wildman–Crippen LogP) is 2.62. The summed E-state index contributed by atoms with van der Waals surface area (Å²) >= 11 is 0. The summed E-state index contributed by atoms with van der Waals surface area (Å²) in [5, 5.41) is 16.9. The molecule has 1 aromatic carbocycles. The predicted molar refractivity (Wildman–Crippen MR) is 93.9 cm³/mol. The Hall–Kier alpha value is -2.67. The number of hydrogen-bond donors (Lipinski definition) is 1. The fourth-order valence-electron chi connectivity index (χ4n) is 3.25. The summed E-state index contributed by atoms with van der Waals surface area (Å²) in [6.45, 7) is 1.00. The molecule has 1 N–H and O–H groups in total. The first-order chi connectivity index (χ1) is 12.3. The van der Waals surface area contributed by atoms with Crippen molar-refractivity contribution in [3.8, 4) is 22.8 Å². The van der Waals surface area contributed by atoms with Crippen molar-refractivity contribution in [3.63, 3.8) is 0 Å². The molecule has 0 saturated carbocycles. The Morgan fingerprint density at radius 3 is 2.76 bits per heavy atom. The van der Waals surface area contributed by atoms with Gasteiger partial charge in [0.15, 0.2) is 11.5 Å². The molecule has 1 aliphatic rings. The van der Waals surface area contributed by atoms with E-state index in [0.29, 0.717) is 0 Å². The third-order valence-corrected chi connectivity index (χ3v) is 4.59. The lowest BCUT2D eigenvalue weighted by molar-refractivity contribution is 0.392. The number of fused-ring (bicyclic) bond motifs is 1. The highest BCUT2D eigenvalue weighted by Gasteiger charge is 2.21. The number of nitrogens with one attached hydrogen (secondary N) is 1. The van der Waals surface area contributed by atoms with Crippen LogP contribution in [0.25, 0.3) is 16.9 Å². The lowest BCUT2D eigenvalue weighted by Gasteiger charge is -2.21. The number of hydrogen-bond acceptors (Lipinski definition) is 6. The van der Waals surface area contributed by atoms with Crippen LogP contribution in [0.5, 0.6) is 11.5 Å². The van der Waals surface area contributed by atoms with Crippen molar-refractivity contribution >= 4 is 5.65 Å². The van der Waals surface area contributed by atoms with Gasteiger partial charge in [0.05, 0.1) is 26.0 Å². The summed E-state index contributed by atoms with van der Waals surface area (Å²) in [4.78, 5) is 0. The van der Waals surface area contributed by atoms with Crippen LogP contribution < -0.4 is 14.8 Å². The van der Waals surface area contributed by atoms with E-state index in [1.54, 1.807) is 14.2 Å². The van der Waals surface area contributed by atoms with Crippen LogP contribution in [-0.2, 0) is 0 Å². The molecule has 2 aromatic heterocycles. The number of benzene rings is 1. The first kappa shape index (κ1) is 15.8. The van der Waals surface area contributed by atoms with Gasteiger partial charge in [0.2, 0.25) is 0 Å². The molecule has 1 aliphatic heterocycles. The van der Waals surface area contributed by atoms with Gasteiger partial charge in [0.1, 0.15) is 11.5 Å². The van der Waals surface area contributed by atoms with Gasteiger partial charge in [-0.15, -0.1) is 10.2 Å². The van der Waals surface area contributed by atoms with E-state index < -0.39 is 0 Å². The van der Waals surface area contributed by atoms with Crippen molar-refractivity contribution in [3.05, 3.63) is 36.2 Å². The van der Waals surface area contributed by atoms with Gasteiger partial charge in [0, 0.05) is 5.56 Å². The Kier molecular flexibility index (Phi) is 4.23. The van der Waals surface area contributed by atoms with Crippen LogP contribution in [-0.4, -0.2) is 40.6 Å². The van der Waals surface area contributed by atoms with Crippen LogP contribution in [0.3, 0.4) is 0 Å². The molecule has 7 nitrogen and oxygen atoms in total. The number of nitrogens with zero attached hydrogens (tertiary/aromatic N) is 4. The molecule has 4 rings (SSSR count). The molecule has 0 radical (unpaired) electrons. The maximum Gasteiger partial charge on any atom is 0.178 e. The van der Waals surface area contributed by atoms with Crippen LogP contribution in [0.15, 0.2) is 30.3 Å². The molecule has 1 fully saturated rings. The highest BCUT2D eigenvalue weighted by molar-refractivity contribution is 5.69. The number of piperidine rings is 1. The van der Waals surface area contributed by atoms with Gasteiger partial charge >= 0.3 is 0 Å². The number of methoxy groups -OCH3 is 2. The summed E-state index contributed by atoms with van der Waals surface area (Å²) in [5.74, 6) is 2.37. The molecule has 130 valence electrons. The van der Waals surface area contributed by atoms with Crippen molar-refractivity contribution in [2.24, 2.45) is 0 Å². The topological polar surface area (TPSA) is 73.6 Å². The Balaban J connectivity index is 1.81. The van der Waals surface area contributed by atoms with E-state index in [1.807, 2.05) is 34.8 Å². The number of ether oxygens (including phenoxy) is 2. The normalized spacial score (nSPS) is 17.6. The summed E-state index contributed by atoms with van der Waals surface area (Å²) in [6, 6.07) is 9.74. The zero-order valence-corrected chi connectivity index (χ0v) is 14.4. The quantitative estimate of drug-likeness (QED) is 0.788. The number of aromatic nitrogens is 4. The van der Waals surface area contributed by atoms with Crippen LogP contribution in [0.4, 0.5) is 0 Å². The van der Waals surface area contributed by atoms with Crippen LogP contribution in [0.1, 0.15) is 31.1 Å². The van der Waals surface area contributed by atoms with E-state index in [1.165, 1.54) is 12.8 Å². The van der Waals surface area contributed by atoms with Gasteiger partial charge in [-0.3, -0.25) is 0 Å². The Morgan fingerprint density at radius 1 is 1.08 bits per heavy atom. The minimum absolute atomic E-state index is 0.193. The third-order valence-electron chi connectivity index (χ3n) is 4.59. The Bertz CT molecular complexity index is 886. The van der Waals surface area contributed by atoms with E-state index in [2.05, 4.69) is 15.5 Å². The molecule has 0 amide bonds. The minimum Gasteiger partial charge on any atom is -0.497 e. The largest absolute Gasteiger partial charge is 0.497 e. The molecular formula is C18H21N5O2. The van der Waals surface area contributed by atoms with E-state index in [0.717, 1.165) is 47.2 Å². The van der Waals surface area contributed by atoms with Gasteiger partial charge in [-0.1, -0.05) is 6.42 Å². The van der Waals surface area contributed by atoms with Crippen molar-refractivity contribution in [1.29, 1.82) is 0 Å². The zero-order chi connectivity index (χ0) is 17.2. The second-order valence-corrected chi connectivity index (χ2v) is 6.12. The lowest BCUT2D eigenvalue weighted by Crippen LogP contribution is -2.28. The molecule has 1 saturated heterocycles. The van der Waals surface area contributed by atoms with Gasteiger partial charge < -0.3 is 14.8 Å². The van der Waals surface area contributed by atoms with E-state index >= 15 is 0 Å².